The number of benzene rings is 3. The van der Waals surface area contributed by atoms with Gasteiger partial charge in [0.25, 0.3) is 0 Å². The molecule has 3 N–H and O–H groups in total. The van der Waals surface area contributed by atoms with Crippen LogP contribution in [0.4, 0.5) is 0 Å². The second kappa shape index (κ2) is 11.2. The van der Waals surface area contributed by atoms with Gasteiger partial charge in [-0.1, -0.05) is 48.0 Å². The van der Waals surface area contributed by atoms with Gasteiger partial charge in [0.15, 0.2) is 0 Å². The van der Waals surface area contributed by atoms with Crippen LogP contribution in [-0.2, 0) is 21.1 Å². The van der Waals surface area contributed by atoms with Crippen LogP contribution < -0.4 is 5.32 Å². The summed E-state index contributed by atoms with van der Waals surface area (Å²) in [4.78, 5) is 10.9. The molecule has 3 rings (SSSR count). The van der Waals surface area contributed by atoms with Gasteiger partial charge in [-0.3, -0.25) is 0 Å². The molecule has 0 aliphatic heterocycles. The van der Waals surface area contributed by atoms with Crippen LogP contribution in [0.5, 0.6) is 0 Å². The Morgan fingerprint density at radius 2 is 1.73 bits per heavy atom. The minimum absolute atomic E-state index is 0.0967. The second-order valence-electron chi connectivity index (χ2n) is 7.42. The van der Waals surface area contributed by atoms with Crippen molar-refractivity contribution >= 4 is 33.5 Å². The summed E-state index contributed by atoms with van der Waals surface area (Å²) in [5, 5.41) is 22.7. The molecule has 0 fully saturated rings. The molecule has 3 aromatic carbocycles. The van der Waals surface area contributed by atoms with Gasteiger partial charge < -0.3 is 15.5 Å². The van der Waals surface area contributed by atoms with Crippen LogP contribution in [-0.4, -0.2) is 37.7 Å². The molecule has 0 saturated carbocycles. The Bertz CT molecular complexity index is 1240. The minimum Gasteiger partial charge on any atom is -0.478 e. The number of sulfone groups is 1. The Kier molecular flexibility index (Phi) is 8.41. The number of aliphatic hydroxyl groups excluding tert-OH is 1. The van der Waals surface area contributed by atoms with Crippen molar-refractivity contribution in [1.82, 2.24) is 5.32 Å². The predicted octanol–water partition coefficient (Wildman–Crippen LogP) is 4.14. The van der Waals surface area contributed by atoms with E-state index in [0.29, 0.717) is 30.1 Å². The second-order valence-corrected chi connectivity index (χ2v) is 9.80. The Morgan fingerprint density at radius 3 is 2.42 bits per heavy atom. The number of carboxylic acids is 1. The van der Waals surface area contributed by atoms with E-state index in [4.69, 9.17) is 16.7 Å². The largest absolute Gasteiger partial charge is 0.478 e. The first-order chi connectivity index (χ1) is 15.8. The highest BCUT2D eigenvalue weighted by atomic mass is 35.5. The smallest absolute Gasteiger partial charge is 0.328 e. The molecule has 0 aromatic heterocycles. The molecule has 0 heterocycles. The standard InChI is InChI=1S/C25H24ClNO5S/c26-21-5-2-4-20(16-21)24(28)17-27-14-13-18-7-10-22(11-8-18)33(31,32)23-6-1-3-19(15-23)9-12-25(29)30/h1-12,15-16,24,27-28H,13-14,17H2,(H,29,30)/t24-/m0/s1. The SMILES string of the molecule is O=C(O)C=Cc1cccc(S(=O)(=O)c2ccc(CCNC[C@H](O)c3cccc(Cl)c3)cc2)c1. The molecular formula is C25H24ClNO5S. The summed E-state index contributed by atoms with van der Waals surface area (Å²) in [6.45, 7) is 0.987. The molecule has 172 valence electrons. The van der Waals surface area contributed by atoms with Crippen molar-refractivity contribution < 1.29 is 23.4 Å². The molecule has 6 nitrogen and oxygen atoms in total. The molecule has 0 saturated heterocycles. The van der Waals surface area contributed by atoms with Crippen molar-refractivity contribution in [3.05, 3.63) is 101 Å². The summed E-state index contributed by atoms with van der Waals surface area (Å²) in [6.07, 6.45) is 2.30. The molecule has 0 aliphatic rings. The van der Waals surface area contributed by atoms with Crippen molar-refractivity contribution in [3.63, 3.8) is 0 Å². The molecule has 1 atom stereocenters. The van der Waals surface area contributed by atoms with Crippen LogP contribution >= 0.6 is 11.6 Å². The van der Waals surface area contributed by atoms with Gasteiger partial charge in [0.05, 0.1) is 15.9 Å². The number of rotatable bonds is 10. The Labute approximate surface area is 198 Å². The van der Waals surface area contributed by atoms with E-state index >= 15 is 0 Å². The quantitative estimate of drug-likeness (QED) is 0.294. The highest BCUT2D eigenvalue weighted by molar-refractivity contribution is 7.91. The Balaban J connectivity index is 1.58. The highest BCUT2D eigenvalue weighted by Gasteiger charge is 2.17. The van der Waals surface area contributed by atoms with E-state index in [9.17, 15) is 18.3 Å². The molecule has 0 spiro atoms. The third-order valence-corrected chi connectivity index (χ3v) is 6.98. The molecular weight excluding hydrogens is 462 g/mol. The molecule has 3 aromatic rings. The number of hydrogen-bond acceptors (Lipinski definition) is 5. The molecule has 0 amide bonds. The maximum Gasteiger partial charge on any atom is 0.328 e. The Morgan fingerprint density at radius 1 is 1.00 bits per heavy atom. The minimum atomic E-state index is -3.73. The maximum absolute atomic E-state index is 12.9. The maximum atomic E-state index is 12.9. The molecule has 8 heteroatoms. The number of aliphatic hydroxyl groups is 1. The van der Waals surface area contributed by atoms with Gasteiger partial charge in [-0.15, -0.1) is 0 Å². The van der Waals surface area contributed by atoms with Crippen molar-refractivity contribution in [2.75, 3.05) is 13.1 Å². The first kappa shape index (κ1) is 24.7. The van der Waals surface area contributed by atoms with Crippen molar-refractivity contribution in [3.8, 4) is 0 Å². The van der Waals surface area contributed by atoms with Crippen LogP contribution in [0.3, 0.4) is 0 Å². The van der Waals surface area contributed by atoms with Crippen molar-refractivity contribution in [1.29, 1.82) is 0 Å². The van der Waals surface area contributed by atoms with Gasteiger partial charge in [-0.2, -0.15) is 0 Å². The topological polar surface area (TPSA) is 104 Å². The fourth-order valence-electron chi connectivity index (χ4n) is 3.23. The molecule has 0 radical (unpaired) electrons. The first-order valence-corrected chi connectivity index (χ1v) is 12.1. The lowest BCUT2D eigenvalue weighted by atomic mass is 10.1. The molecule has 0 unspecified atom stereocenters. The van der Waals surface area contributed by atoms with Gasteiger partial charge in [0, 0.05) is 17.6 Å². The van der Waals surface area contributed by atoms with Gasteiger partial charge in [-0.25, -0.2) is 13.2 Å². The van der Waals surface area contributed by atoms with E-state index in [1.807, 2.05) is 6.07 Å². The zero-order chi connectivity index (χ0) is 23.8. The van der Waals surface area contributed by atoms with E-state index in [1.54, 1.807) is 54.6 Å². The van der Waals surface area contributed by atoms with E-state index < -0.39 is 21.9 Å². The van der Waals surface area contributed by atoms with Crippen LogP contribution in [0.2, 0.25) is 5.02 Å². The lowest BCUT2D eigenvalue weighted by Crippen LogP contribution is -2.23. The predicted molar refractivity (Wildman–Crippen MR) is 128 cm³/mol. The number of carboxylic acid groups (broad SMARTS) is 1. The number of halogens is 1. The van der Waals surface area contributed by atoms with Crippen molar-refractivity contribution in [2.24, 2.45) is 0 Å². The average molecular weight is 486 g/mol. The lowest BCUT2D eigenvalue weighted by molar-refractivity contribution is -0.131. The number of carbonyl (C=O) groups is 1. The van der Waals surface area contributed by atoms with E-state index in [1.165, 1.54) is 18.2 Å². The van der Waals surface area contributed by atoms with Crippen LogP contribution in [0, 0.1) is 0 Å². The van der Waals surface area contributed by atoms with Crippen LogP contribution in [0.25, 0.3) is 6.08 Å². The van der Waals surface area contributed by atoms with Crippen molar-refractivity contribution in [2.45, 2.75) is 22.3 Å². The normalized spacial score (nSPS) is 12.7. The van der Waals surface area contributed by atoms with Gasteiger partial charge in [-0.05, 0) is 72.1 Å². The van der Waals surface area contributed by atoms with E-state index in [0.717, 1.165) is 17.2 Å². The number of nitrogens with one attached hydrogen (secondary N) is 1. The van der Waals surface area contributed by atoms with E-state index in [-0.39, 0.29) is 9.79 Å². The van der Waals surface area contributed by atoms with Gasteiger partial charge >= 0.3 is 5.97 Å². The number of hydrogen-bond donors (Lipinski definition) is 3. The highest BCUT2D eigenvalue weighted by Crippen LogP contribution is 2.23. The molecule has 0 aliphatic carbocycles. The fraction of sp³-hybridized carbons (Fsp3) is 0.160. The van der Waals surface area contributed by atoms with Crippen LogP contribution in [0.15, 0.2) is 88.7 Å². The summed E-state index contributed by atoms with van der Waals surface area (Å²) >= 11 is 5.95. The number of aliphatic carboxylic acids is 1. The summed E-state index contributed by atoms with van der Waals surface area (Å²) in [5.74, 6) is -1.10. The van der Waals surface area contributed by atoms with Crippen LogP contribution in [0.1, 0.15) is 22.8 Å². The summed E-state index contributed by atoms with van der Waals surface area (Å²) in [6, 6.07) is 19.9. The summed E-state index contributed by atoms with van der Waals surface area (Å²) in [7, 11) is -3.73. The fourth-order valence-corrected chi connectivity index (χ4v) is 4.74. The molecule has 33 heavy (non-hydrogen) atoms. The zero-order valence-electron chi connectivity index (χ0n) is 17.7. The first-order valence-electron chi connectivity index (χ1n) is 10.2. The molecule has 0 bridgehead atoms. The third-order valence-electron chi connectivity index (χ3n) is 4.98. The monoisotopic (exact) mass is 485 g/mol. The summed E-state index contributed by atoms with van der Waals surface area (Å²) in [5.41, 5.74) is 2.19. The third kappa shape index (κ3) is 7.00. The lowest BCUT2D eigenvalue weighted by Gasteiger charge is -2.13. The van der Waals surface area contributed by atoms with Gasteiger partial charge in [0.1, 0.15) is 0 Å². The van der Waals surface area contributed by atoms with E-state index in [2.05, 4.69) is 5.32 Å². The Hall–Kier alpha value is -2.97. The zero-order valence-corrected chi connectivity index (χ0v) is 19.3. The summed E-state index contributed by atoms with van der Waals surface area (Å²) < 4.78 is 25.9. The average Bonchev–Trinajstić information content (AvgIpc) is 2.81. The van der Waals surface area contributed by atoms with Gasteiger partial charge in [0.2, 0.25) is 9.84 Å².